The van der Waals surface area contributed by atoms with Crippen molar-refractivity contribution in [1.82, 2.24) is 0 Å². The van der Waals surface area contributed by atoms with Crippen LogP contribution in [0.5, 0.6) is 0 Å². The maximum atomic E-state index is 14.2. The van der Waals surface area contributed by atoms with Crippen LogP contribution in [0.2, 0.25) is 5.02 Å². The molecule has 0 amide bonds. The SMILES string of the molecule is C=C(c1c(Cl)cccc1C(C)CC)C(C)CN=CC(C)=C(F)C=C(CC)C(=O)O. The molecule has 0 saturated carbocycles. The van der Waals surface area contributed by atoms with Gasteiger partial charge in [-0.1, -0.05) is 58.0 Å². The summed E-state index contributed by atoms with van der Waals surface area (Å²) in [7, 11) is 0. The molecule has 1 aromatic carbocycles. The van der Waals surface area contributed by atoms with Crippen LogP contribution in [0.15, 0.2) is 52.8 Å². The fraction of sp³-hybridized carbons (Fsp3) is 0.417. The minimum Gasteiger partial charge on any atom is -0.478 e. The quantitative estimate of drug-likeness (QED) is 0.247. The number of aliphatic imine (C=N–C) groups is 1. The predicted molar refractivity (Wildman–Crippen MR) is 122 cm³/mol. The molecule has 1 N–H and O–H groups in total. The lowest BCUT2D eigenvalue weighted by molar-refractivity contribution is -0.132. The number of carbonyl (C=O) groups is 1. The Morgan fingerprint density at radius 1 is 1.34 bits per heavy atom. The van der Waals surface area contributed by atoms with E-state index < -0.39 is 11.8 Å². The topological polar surface area (TPSA) is 49.7 Å². The third kappa shape index (κ3) is 6.97. The molecule has 0 heterocycles. The monoisotopic (exact) mass is 419 g/mol. The fourth-order valence-electron chi connectivity index (χ4n) is 2.86. The van der Waals surface area contributed by atoms with Gasteiger partial charge in [0.25, 0.3) is 0 Å². The molecule has 2 atom stereocenters. The highest BCUT2D eigenvalue weighted by atomic mass is 35.5. The Kier molecular flexibility index (Phi) is 10.0. The Morgan fingerprint density at radius 2 is 2.00 bits per heavy atom. The Morgan fingerprint density at radius 3 is 2.55 bits per heavy atom. The van der Waals surface area contributed by atoms with Crippen LogP contribution in [-0.2, 0) is 4.79 Å². The highest BCUT2D eigenvalue weighted by Crippen LogP contribution is 2.35. The van der Waals surface area contributed by atoms with Crippen molar-refractivity contribution in [2.75, 3.05) is 6.54 Å². The zero-order chi connectivity index (χ0) is 22.1. The molecule has 3 nitrogen and oxygen atoms in total. The Labute approximate surface area is 178 Å². The summed E-state index contributed by atoms with van der Waals surface area (Å²) in [6, 6.07) is 5.90. The Bertz CT molecular complexity index is 839. The van der Waals surface area contributed by atoms with Crippen molar-refractivity contribution in [3.8, 4) is 0 Å². The van der Waals surface area contributed by atoms with Crippen LogP contribution in [0.25, 0.3) is 5.57 Å². The summed E-state index contributed by atoms with van der Waals surface area (Å²) in [4.78, 5) is 15.4. The van der Waals surface area contributed by atoms with E-state index in [1.807, 2.05) is 19.1 Å². The number of rotatable bonds is 10. The number of aliphatic carboxylic acids is 1. The normalized spacial score (nSPS) is 15.2. The maximum absolute atomic E-state index is 14.2. The van der Waals surface area contributed by atoms with E-state index in [9.17, 15) is 9.18 Å². The molecule has 0 radical (unpaired) electrons. The third-order valence-electron chi connectivity index (χ3n) is 5.10. The van der Waals surface area contributed by atoms with E-state index in [0.717, 1.165) is 23.6 Å². The van der Waals surface area contributed by atoms with Gasteiger partial charge in [0.05, 0.1) is 0 Å². The first-order valence-corrected chi connectivity index (χ1v) is 10.3. The van der Waals surface area contributed by atoms with E-state index in [4.69, 9.17) is 16.7 Å². The highest BCUT2D eigenvalue weighted by molar-refractivity contribution is 6.32. The molecule has 29 heavy (non-hydrogen) atoms. The predicted octanol–water partition coefficient (Wildman–Crippen LogP) is 7.24. The summed E-state index contributed by atoms with van der Waals surface area (Å²) < 4.78 is 14.2. The van der Waals surface area contributed by atoms with Gasteiger partial charge in [0, 0.05) is 34.8 Å². The van der Waals surface area contributed by atoms with Crippen molar-refractivity contribution >= 4 is 29.4 Å². The summed E-state index contributed by atoms with van der Waals surface area (Å²) >= 11 is 6.47. The first kappa shape index (κ1) is 24.8. The number of allylic oxidation sites excluding steroid dienone is 3. The number of benzene rings is 1. The van der Waals surface area contributed by atoms with Gasteiger partial charge in [-0.25, -0.2) is 9.18 Å². The van der Waals surface area contributed by atoms with Gasteiger partial charge in [-0.15, -0.1) is 0 Å². The number of carboxylic acids is 1. The lowest BCUT2D eigenvalue weighted by Crippen LogP contribution is -2.07. The summed E-state index contributed by atoms with van der Waals surface area (Å²) in [5.74, 6) is -1.33. The average molecular weight is 420 g/mol. The van der Waals surface area contributed by atoms with Gasteiger partial charge in [0.1, 0.15) is 5.83 Å². The molecule has 0 aliphatic rings. The summed E-state index contributed by atoms with van der Waals surface area (Å²) in [5.41, 5.74) is 3.36. The summed E-state index contributed by atoms with van der Waals surface area (Å²) in [6.45, 7) is 14.2. The number of halogens is 2. The Hall–Kier alpha value is -2.20. The molecule has 1 aromatic rings. The summed E-state index contributed by atoms with van der Waals surface area (Å²) in [5, 5.41) is 9.69. The zero-order valence-corrected chi connectivity index (χ0v) is 18.7. The minimum atomic E-state index is -1.12. The van der Waals surface area contributed by atoms with Gasteiger partial charge in [-0.05, 0) is 54.5 Å². The van der Waals surface area contributed by atoms with Gasteiger partial charge >= 0.3 is 5.97 Å². The van der Waals surface area contributed by atoms with Gasteiger partial charge in [-0.2, -0.15) is 0 Å². The number of hydrogen-bond acceptors (Lipinski definition) is 2. The van der Waals surface area contributed by atoms with Crippen LogP contribution < -0.4 is 0 Å². The van der Waals surface area contributed by atoms with E-state index in [0.29, 0.717) is 17.5 Å². The van der Waals surface area contributed by atoms with E-state index >= 15 is 0 Å². The summed E-state index contributed by atoms with van der Waals surface area (Å²) in [6.07, 6.45) is 3.74. The van der Waals surface area contributed by atoms with Crippen LogP contribution in [0.3, 0.4) is 0 Å². The molecule has 1 rings (SSSR count). The van der Waals surface area contributed by atoms with E-state index in [1.165, 1.54) is 11.8 Å². The zero-order valence-electron chi connectivity index (χ0n) is 17.9. The van der Waals surface area contributed by atoms with Gasteiger partial charge < -0.3 is 5.11 Å². The largest absolute Gasteiger partial charge is 0.478 e. The second kappa shape index (κ2) is 11.7. The molecule has 158 valence electrons. The average Bonchev–Trinajstić information content (AvgIpc) is 2.69. The van der Waals surface area contributed by atoms with E-state index in [2.05, 4.69) is 31.5 Å². The van der Waals surface area contributed by atoms with E-state index in [-0.39, 0.29) is 23.5 Å². The second-order valence-corrected chi connectivity index (χ2v) is 7.70. The molecular formula is C24H31ClFNO2. The highest BCUT2D eigenvalue weighted by Gasteiger charge is 2.18. The minimum absolute atomic E-state index is 0.0191. The van der Waals surface area contributed by atoms with Crippen molar-refractivity contribution in [2.45, 2.75) is 53.4 Å². The molecule has 0 aromatic heterocycles. The number of hydrogen-bond donors (Lipinski definition) is 1. The number of nitrogens with zero attached hydrogens (tertiary/aromatic N) is 1. The molecule has 2 unspecified atom stereocenters. The van der Waals surface area contributed by atoms with E-state index in [1.54, 1.807) is 13.8 Å². The number of carboxylic acid groups (broad SMARTS) is 1. The standard InChI is InChI=1S/C24H31ClFNO2/c1-7-15(3)20-10-9-11-21(25)23(20)18(6)16(4)13-27-14-17(5)22(26)12-19(8-2)24(28)29/h9-12,14-16H,6-8,13H2,1-5H3,(H,28,29). The fourth-order valence-corrected chi connectivity index (χ4v) is 3.16. The molecule has 0 saturated heterocycles. The van der Waals surface area contributed by atoms with Gasteiger partial charge in [0.2, 0.25) is 0 Å². The van der Waals surface area contributed by atoms with Crippen molar-refractivity contribution in [3.05, 3.63) is 64.0 Å². The molecular weight excluding hydrogens is 389 g/mol. The maximum Gasteiger partial charge on any atom is 0.331 e. The first-order valence-electron chi connectivity index (χ1n) is 9.91. The third-order valence-corrected chi connectivity index (χ3v) is 5.42. The Balaban J connectivity index is 2.98. The molecule has 0 aliphatic carbocycles. The van der Waals surface area contributed by atoms with Gasteiger partial charge in [0.15, 0.2) is 0 Å². The lowest BCUT2D eigenvalue weighted by Gasteiger charge is -2.21. The van der Waals surface area contributed by atoms with Crippen LogP contribution in [-0.4, -0.2) is 23.8 Å². The smallest absolute Gasteiger partial charge is 0.331 e. The van der Waals surface area contributed by atoms with Gasteiger partial charge in [-0.3, -0.25) is 4.99 Å². The molecule has 0 fully saturated rings. The molecule has 0 spiro atoms. The molecule has 5 heteroatoms. The van der Waals surface area contributed by atoms with Crippen molar-refractivity contribution < 1.29 is 14.3 Å². The van der Waals surface area contributed by atoms with Crippen molar-refractivity contribution in [1.29, 1.82) is 0 Å². The van der Waals surface area contributed by atoms with Crippen molar-refractivity contribution in [2.24, 2.45) is 10.9 Å². The van der Waals surface area contributed by atoms with Crippen LogP contribution in [0, 0.1) is 5.92 Å². The van der Waals surface area contributed by atoms with Crippen molar-refractivity contribution in [3.63, 3.8) is 0 Å². The second-order valence-electron chi connectivity index (χ2n) is 7.29. The lowest BCUT2D eigenvalue weighted by atomic mass is 9.86. The first-order chi connectivity index (χ1) is 13.6. The van der Waals surface area contributed by atoms with Crippen LogP contribution >= 0.6 is 11.6 Å². The molecule has 0 bridgehead atoms. The van der Waals surface area contributed by atoms with Crippen LogP contribution in [0.1, 0.15) is 64.5 Å². The van der Waals surface area contributed by atoms with Crippen LogP contribution in [0.4, 0.5) is 4.39 Å². The molecule has 0 aliphatic heterocycles.